The minimum Gasteiger partial charge on any atom is -0.365 e. The van der Waals surface area contributed by atoms with Gasteiger partial charge in [-0.15, -0.1) is 11.3 Å². The Hall–Kier alpha value is -3.33. The number of thiophene rings is 1. The van der Waals surface area contributed by atoms with Gasteiger partial charge in [0, 0.05) is 11.3 Å². The molecule has 0 aliphatic carbocycles. The van der Waals surface area contributed by atoms with Crippen molar-refractivity contribution in [2.75, 3.05) is 5.32 Å². The molecule has 27 heavy (non-hydrogen) atoms. The van der Waals surface area contributed by atoms with E-state index in [1.165, 1.54) is 13.3 Å². The Balaban J connectivity index is 1.87. The van der Waals surface area contributed by atoms with Crippen LogP contribution < -0.4 is 16.6 Å². The van der Waals surface area contributed by atoms with E-state index in [0.29, 0.717) is 21.6 Å². The Bertz CT molecular complexity index is 1150. The van der Waals surface area contributed by atoms with Gasteiger partial charge in [0.25, 0.3) is 11.5 Å². The number of Topliss-reactive ketones (excluding diaryl/α,β-unsaturated/α-hetero) is 1. The van der Waals surface area contributed by atoms with Crippen LogP contribution in [0.5, 0.6) is 0 Å². The second-order valence-electron chi connectivity index (χ2n) is 5.96. The van der Waals surface area contributed by atoms with Crippen molar-refractivity contribution in [1.29, 1.82) is 0 Å². The van der Waals surface area contributed by atoms with Crippen molar-refractivity contribution in [3.63, 3.8) is 0 Å². The van der Waals surface area contributed by atoms with Gasteiger partial charge in [-0.25, -0.2) is 4.98 Å². The third-order valence-corrected chi connectivity index (χ3v) is 5.22. The number of hydrogen-bond acceptors (Lipinski definition) is 6. The molecule has 0 radical (unpaired) electrons. The zero-order valence-electron chi connectivity index (χ0n) is 14.6. The van der Waals surface area contributed by atoms with Gasteiger partial charge in [0.1, 0.15) is 11.4 Å². The quantitative estimate of drug-likeness (QED) is 0.648. The summed E-state index contributed by atoms with van der Waals surface area (Å²) in [6.45, 7) is 2.80. The molecule has 3 rings (SSSR count). The number of aryl methyl sites for hydroxylation is 1. The van der Waals surface area contributed by atoms with E-state index in [-0.39, 0.29) is 22.6 Å². The number of hydrogen-bond donors (Lipinski definition) is 2. The Morgan fingerprint density at radius 1 is 1.30 bits per heavy atom. The van der Waals surface area contributed by atoms with E-state index in [1.54, 1.807) is 31.2 Å². The maximum absolute atomic E-state index is 12.7. The maximum atomic E-state index is 12.7. The number of carbonyl (C=O) groups excluding carboxylic acids is 3. The summed E-state index contributed by atoms with van der Waals surface area (Å²) >= 11 is 1.05. The normalized spacial score (nSPS) is 10.7. The lowest BCUT2D eigenvalue weighted by molar-refractivity contribution is -0.116. The number of rotatable bonds is 5. The van der Waals surface area contributed by atoms with Crippen molar-refractivity contribution < 1.29 is 14.4 Å². The monoisotopic (exact) mass is 384 g/mol. The molecule has 0 saturated heterocycles. The Kier molecular flexibility index (Phi) is 4.87. The van der Waals surface area contributed by atoms with E-state index in [1.807, 2.05) is 0 Å². The van der Waals surface area contributed by atoms with Crippen molar-refractivity contribution in [3.8, 4) is 0 Å². The first kappa shape index (κ1) is 18.5. The number of ketones is 1. The zero-order chi connectivity index (χ0) is 19.7. The number of nitrogens with zero attached hydrogens (tertiary/aromatic N) is 2. The molecule has 3 N–H and O–H groups in total. The van der Waals surface area contributed by atoms with Crippen LogP contribution in [0.2, 0.25) is 0 Å². The SMILES string of the molecule is CC(=O)c1cccc(NC(=O)Cn2cnc3sc(C(N)=O)c(C)c3c2=O)c1. The van der Waals surface area contributed by atoms with Crippen molar-refractivity contribution in [3.05, 3.63) is 57.0 Å². The number of nitrogens with one attached hydrogen (secondary N) is 1. The van der Waals surface area contributed by atoms with E-state index in [9.17, 15) is 19.2 Å². The molecule has 0 aliphatic rings. The predicted octanol–water partition coefficient (Wildman–Crippen LogP) is 1.71. The van der Waals surface area contributed by atoms with Crippen LogP contribution in [0.15, 0.2) is 35.4 Å². The van der Waals surface area contributed by atoms with Crippen molar-refractivity contribution in [1.82, 2.24) is 9.55 Å². The van der Waals surface area contributed by atoms with Gasteiger partial charge in [0.15, 0.2) is 5.78 Å². The van der Waals surface area contributed by atoms with E-state index in [4.69, 9.17) is 5.73 Å². The van der Waals surface area contributed by atoms with Crippen LogP contribution in [-0.4, -0.2) is 27.1 Å². The molecule has 3 aromatic rings. The maximum Gasteiger partial charge on any atom is 0.262 e. The van der Waals surface area contributed by atoms with Crippen LogP contribution in [0.3, 0.4) is 0 Å². The molecule has 0 atom stereocenters. The fraction of sp³-hybridized carbons (Fsp3) is 0.167. The zero-order valence-corrected chi connectivity index (χ0v) is 15.4. The van der Waals surface area contributed by atoms with E-state index in [0.717, 1.165) is 15.9 Å². The van der Waals surface area contributed by atoms with Crippen LogP contribution in [0.25, 0.3) is 10.2 Å². The molecule has 0 aliphatic heterocycles. The largest absolute Gasteiger partial charge is 0.365 e. The second-order valence-corrected chi connectivity index (χ2v) is 6.96. The number of amides is 2. The molecule has 0 saturated carbocycles. The molecule has 0 bridgehead atoms. The van der Waals surface area contributed by atoms with Crippen LogP contribution in [0.1, 0.15) is 32.5 Å². The lowest BCUT2D eigenvalue weighted by Gasteiger charge is -2.08. The number of fused-ring (bicyclic) bond motifs is 1. The molecular formula is C18H16N4O4S. The number of nitrogens with two attached hydrogens (primary N) is 1. The lowest BCUT2D eigenvalue weighted by Crippen LogP contribution is -2.28. The number of primary amides is 1. The Morgan fingerprint density at radius 3 is 2.70 bits per heavy atom. The molecule has 8 nitrogen and oxygen atoms in total. The standard InChI is InChI=1S/C18H16N4O4S/c1-9-14-17(27-15(9)16(19)25)20-8-22(18(14)26)7-13(24)21-12-5-3-4-11(6-12)10(2)23/h3-6,8H,7H2,1-2H3,(H2,19,25)(H,21,24). The highest BCUT2D eigenvalue weighted by Gasteiger charge is 2.18. The van der Waals surface area contributed by atoms with Crippen LogP contribution in [-0.2, 0) is 11.3 Å². The van der Waals surface area contributed by atoms with Gasteiger partial charge in [0.2, 0.25) is 5.91 Å². The highest BCUT2D eigenvalue weighted by Crippen LogP contribution is 2.26. The summed E-state index contributed by atoms with van der Waals surface area (Å²) in [5.74, 6) is -1.18. The molecule has 0 spiro atoms. The summed E-state index contributed by atoms with van der Waals surface area (Å²) in [4.78, 5) is 52.7. The first-order chi connectivity index (χ1) is 12.8. The van der Waals surface area contributed by atoms with E-state index >= 15 is 0 Å². The first-order valence-corrected chi connectivity index (χ1v) is 8.78. The second kappa shape index (κ2) is 7.12. The van der Waals surface area contributed by atoms with Crippen molar-refractivity contribution in [2.24, 2.45) is 5.73 Å². The summed E-state index contributed by atoms with van der Waals surface area (Å²) in [7, 11) is 0. The summed E-state index contributed by atoms with van der Waals surface area (Å²) in [6, 6.07) is 6.52. The summed E-state index contributed by atoms with van der Waals surface area (Å²) in [6.07, 6.45) is 1.26. The number of benzene rings is 1. The molecule has 1 aromatic carbocycles. The molecule has 0 unspecified atom stereocenters. The van der Waals surface area contributed by atoms with Gasteiger partial charge in [-0.3, -0.25) is 23.7 Å². The molecule has 138 valence electrons. The van der Waals surface area contributed by atoms with Gasteiger partial charge >= 0.3 is 0 Å². The fourth-order valence-electron chi connectivity index (χ4n) is 2.68. The van der Waals surface area contributed by atoms with Crippen LogP contribution in [0, 0.1) is 6.92 Å². The predicted molar refractivity (Wildman–Crippen MR) is 102 cm³/mol. The molecule has 2 aromatic heterocycles. The van der Waals surface area contributed by atoms with Gasteiger partial charge in [0.05, 0.1) is 16.6 Å². The molecular weight excluding hydrogens is 368 g/mol. The van der Waals surface area contributed by atoms with Crippen molar-refractivity contribution in [2.45, 2.75) is 20.4 Å². The molecule has 2 amide bonds. The third kappa shape index (κ3) is 3.63. The lowest BCUT2D eigenvalue weighted by atomic mass is 10.1. The number of carbonyl (C=O) groups is 3. The fourth-order valence-corrected chi connectivity index (χ4v) is 3.67. The van der Waals surface area contributed by atoms with Crippen molar-refractivity contribution >= 4 is 44.8 Å². The minimum atomic E-state index is -0.621. The Morgan fingerprint density at radius 2 is 2.04 bits per heavy atom. The summed E-state index contributed by atoms with van der Waals surface area (Å²) < 4.78 is 1.16. The van der Waals surface area contributed by atoms with Gasteiger partial charge in [-0.05, 0) is 31.5 Å². The smallest absolute Gasteiger partial charge is 0.262 e. The topological polar surface area (TPSA) is 124 Å². The number of aromatic nitrogens is 2. The highest BCUT2D eigenvalue weighted by molar-refractivity contribution is 7.20. The molecule has 2 heterocycles. The van der Waals surface area contributed by atoms with Gasteiger partial charge in [-0.1, -0.05) is 12.1 Å². The number of anilines is 1. The third-order valence-electron chi connectivity index (χ3n) is 4.01. The van der Waals surface area contributed by atoms with E-state index in [2.05, 4.69) is 10.3 Å². The van der Waals surface area contributed by atoms with Crippen LogP contribution in [0.4, 0.5) is 5.69 Å². The van der Waals surface area contributed by atoms with Gasteiger partial charge in [-0.2, -0.15) is 0 Å². The highest BCUT2D eigenvalue weighted by atomic mass is 32.1. The first-order valence-electron chi connectivity index (χ1n) is 7.97. The van der Waals surface area contributed by atoms with Crippen LogP contribution >= 0.6 is 11.3 Å². The average molecular weight is 384 g/mol. The average Bonchev–Trinajstić information content (AvgIpc) is 2.95. The molecule has 0 fully saturated rings. The summed E-state index contributed by atoms with van der Waals surface area (Å²) in [5, 5.41) is 2.93. The Labute approximate surface area is 157 Å². The molecule has 9 heteroatoms. The summed E-state index contributed by atoms with van der Waals surface area (Å²) in [5.41, 5.74) is 6.28. The van der Waals surface area contributed by atoms with Gasteiger partial charge < -0.3 is 11.1 Å². The van der Waals surface area contributed by atoms with E-state index < -0.39 is 17.4 Å². The minimum absolute atomic E-state index is 0.116.